The molecule has 1 aliphatic heterocycles. The lowest BCUT2D eigenvalue weighted by Gasteiger charge is -2.12. The van der Waals surface area contributed by atoms with E-state index in [0.29, 0.717) is 5.13 Å². The maximum atomic E-state index is 12.0. The van der Waals surface area contributed by atoms with Crippen LogP contribution in [0, 0.1) is 6.92 Å². The summed E-state index contributed by atoms with van der Waals surface area (Å²) >= 11 is 1.35. The van der Waals surface area contributed by atoms with E-state index < -0.39 is 0 Å². The van der Waals surface area contributed by atoms with Gasteiger partial charge in [-0.25, -0.2) is 9.97 Å². The van der Waals surface area contributed by atoms with E-state index in [4.69, 9.17) is 0 Å². The summed E-state index contributed by atoms with van der Waals surface area (Å²) in [6.45, 7) is 1.97. The summed E-state index contributed by atoms with van der Waals surface area (Å²) in [7, 11) is 1.89. The monoisotopic (exact) mass is 347 g/mol. The number of hydrogen-bond acceptors (Lipinski definition) is 6. The van der Waals surface area contributed by atoms with Crippen LogP contribution in [0.4, 0.5) is 5.13 Å². The van der Waals surface area contributed by atoms with E-state index in [2.05, 4.69) is 15.3 Å². The highest BCUT2D eigenvalue weighted by atomic mass is 32.1. The second-order valence-corrected chi connectivity index (χ2v) is 6.53. The zero-order valence-corrected chi connectivity index (χ0v) is 14.2. The fraction of sp³-hybridized carbons (Fsp3) is 0.400. The Hall–Kier alpha value is -2.55. The highest BCUT2D eigenvalue weighted by Crippen LogP contribution is 2.31. The van der Waals surface area contributed by atoms with Gasteiger partial charge >= 0.3 is 0 Å². The lowest BCUT2D eigenvalue weighted by molar-refractivity contribution is -0.138. The van der Waals surface area contributed by atoms with Crippen LogP contribution >= 0.6 is 11.3 Å². The molecule has 0 saturated carbocycles. The van der Waals surface area contributed by atoms with Gasteiger partial charge in [-0.1, -0.05) is 11.3 Å². The first-order valence-corrected chi connectivity index (χ1v) is 8.35. The molecule has 1 fully saturated rings. The average Bonchev–Trinajstić information content (AvgIpc) is 3.18. The molecule has 1 N–H and O–H groups in total. The van der Waals surface area contributed by atoms with Crippen molar-refractivity contribution in [2.75, 3.05) is 11.9 Å². The Balaban J connectivity index is 1.62. The van der Waals surface area contributed by atoms with E-state index in [-0.39, 0.29) is 43.5 Å². The summed E-state index contributed by atoms with van der Waals surface area (Å²) in [5, 5.41) is 3.20. The average molecular weight is 347 g/mol. The van der Waals surface area contributed by atoms with Gasteiger partial charge in [0.2, 0.25) is 17.7 Å². The van der Waals surface area contributed by atoms with E-state index in [0.717, 1.165) is 21.3 Å². The summed E-state index contributed by atoms with van der Waals surface area (Å²) in [5.41, 5.74) is 0.787. The topological polar surface area (TPSA) is 97.2 Å². The number of nitrogens with one attached hydrogen (secondary N) is 1. The summed E-state index contributed by atoms with van der Waals surface area (Å²) < 4.78 is 1.89. The molecule has 24 heavy (non-hydrogen) atoms. The smallest absolute Gasteiger partial charge is 0.229 e. The van der Waals surface area contributed by atoms with Crippen molar-refractivity contribution in [1.29, 1.82) is 0 Å². The Labute approximate surface area is 142 Å². The van der Waals surface area contributed by atoms with Crippen LogP contribution < -0.4 is 5.32 Å². The number of imide groups is 1. The number of likely N-dealkylation sites (tertiary alicyclic amines) is 1. The van der Waals surface area contributed by atoms with Crippen LogP contribution in [0.15, 0.2) is 12.4 Å². The molecule has 3 amide bonds. The molecule has 3 heterocycles. The minimum atomic E-state index is -0.275. The Morgan fingerprint density at radius 2 is 2.04 bits per heavy atom. The molecule has 0 aromatic carbocycles. The van der Waals surface area contributed by atoms with Crippen molar-refractivity contribution in [3.63, 3.8) is 0 Å². The zero-order valence-electron chi connectivity index (χ0n) is 13.4. The third-order valence-corrected chi connectivity index (χ3v) is 4.85. The number of anilines is 1. The molecule has 1 aliphatic rings. The molecule has 0 aliphatic carbocycles. The van der Waals surface area contributed by atoms with Gasteiger partial charge in [-0.05, 0) is 6.92 Å². The molecule has 9 heteroatoms. The summed E-state index contributed by atoms with van der Waals surface area (Å²) in [6.07, 6.45) is 4.08. The summed E-state index contributed by atoms with van der Waals surface area (Å²) in [5.74, 6) is 0.0892. The first-order chi connectivity index (χ1) is 11.5. The van der Waals surface area contributed by atoms with E-state index >= 15 is 0 Å². The highest BCUT2D eigenvalue weighted by Gasteiger charge is 2.28. The van der Waals surface area contributed by atoms with Crippen molar-refractivity contribution >= 4 is 34.2 Å². The van der Waals surface area contributed by atoms with Gasteiger partial charge < -0.3 is 9.88 Å². The summed E-state index contributed by atoms with van der Waals surface area (Å²) in [6, 6.07) is 0. The normalized spacial score (nSPS) is 14.5. The fourth-order valence-corrected chi connectivity index (χ4v) is 3.53. The molecule has 0 atom stereocenters. The number of imidazole rings is 1. The van der Waals surface area contributed by atoms with Crippen LogP contribution in [0.1, 0.15) is 25.0 Å². The molecule has 8 nitrogen and oxygen atoms in total. The van der Waals surface area contributed by atoms with Gasteiger partial charge in [0.1, 0.15) is 0 Å². The Morgan fingerprint density at radius 3 is 2.67 bits per heavy atom. The van der Waals surface area contributed by atoms with Crippen molar-refractivity contribution in [2.45, 2.75) is 26.2 Å². The van der Waals surface area contributed by atoms with Crippen LogP contribution in [0.25, 0.3) is 10.7 Å². The standard InChI is InChI=1S/C15H17N5O3S/c1-9-13(14-16-6-8-19(14)2)24-15(17-9)18-10(21)5-7-20-11(22)3-4-12(20)23/h6,8H,3-5,7H2,1-2H3,(H,17,18,21). The molecule has 2 aromatic heterocycles. The van der Waals surface area contributed by atoms with Gasteiger partial charge in [0.25, 0.3) is 0 Å². The molecular weight excluding hydrogens is 330 g/mol. The fourth-order valence-electron chi connectivity index (χ4n) is 2.51. The maximum Gasteiger partial charge on any atom is 0.229 e. The van der Waals surface area contributed by atoms with Crippen LogP contribution in [-0.2, 0) is 21.4 Å². The predicted octanol–water partition coefficient (Wildman–Crippen LogP) is 1.33. The second-order valence-electron chi connectivity index (χ2n) is 5.53. The molecule has 0 unspecified atom stereocenters. The van der Waals surface area contributed by atoms with Crippen molar-refractivity contribution in [1.82, 2.24) is 19.4 Å². The Bertz CT molecular complexity index is 794. The number of amides is 3. The highest BCUT2D eigenvalue weighted by molar-refractivity contribution is 7.19. The van der Waals surface area contributed by atoms with Crippen LogP contribution in [0.5, 0.6) is 0 Å². The number of carbonyl (C=O) groups excluding carboxylic acids is 3. The second kappa shape index (κ2) is 6.52. The Morgan fingerprint density at radius 1 is 1.33 bits per heavy atom. The number of aromatic nitrogens is 3. The number of nitrogens with zero attached hydrogens (tertiary/aromatic N) is 4. The lowest BCUT2D eigenvalue weighted by atomic mass is 10.3. The number of carbonyl (C=O) groups is 3. The van der Waals surface area contributed by atoms with Gasteiger partial charge in [-0.3, -0.25) is 19.3 Å². The first-order valence-electron chi connectivity index (χ1n) is 7.54. The van der Waals surface area contributed by atoms with Crippen molar-refractivity contribution in [3.05, 3.63) is 18.1 Å². The molecule has 1 saturated heterocycles. The molecule has 0 spiro atoms. The molecule has 0 radical (unpaired) electrons. The van der Waals surface area contributed by atoms with Gasteiger partial charge in [-0.2, -0.15) is 0 Å². The third kappa shape index (κ3) is 3.21. The molecule has 0 bridgehead atoms. The first kappa shape index (κ1) is 16.3. The van der Waals surface area contributed by atoms with Gasteiger partial charge in [0.15, 0.2) is 11.0 Å². The van der Waals surface area contributed by atoms with E-state index in [1.54, 1.807) is 6.20 Å². The quantitative estimate of drug-likeness (QED) is 0.823. The van der Waals surface area contributed by atoms with Crippen LogP contribution in [0.3, 0.4) is 0 Å². The number of aryl methyl sites for hydroxylation is 2. The summed E-state index contributed by atoms with van der Waals surface area (Å²) in [4.78, 5) is 45.7. The van der Waals surface area contributed by atoms with E-state index in [9.17, 15) is 14.4 Å². The van der Waals surface area contributed by atoms with Gasteiger partial charge in [0, 0.05) is 45.2 Å². The lowest BCUT2D eigenvalue weighted by Crippen LogP contribution is -2.32. The number of thiazole rings is 1. The number of hydrogen-bond donors (Lipinski definition) is 1. The molecule has 2 aromatic rings. The van der Waals surface area contributed by atoms with Crippen LogP contribution in [0.2, 0.25) is 0 Å². The van der Waals surface area contributed by atoms with Crippen LogP contribution in [-0.4, -0.2) is 43.7 Å². The minimum Gasteiger partial charge on any atom is -0.333 e. The van der Waals surface area contributed by atoms with Crippen molar-refractivity contribution in [2.24, 2.45) is 7.05 Å². The van der Waals surface area contributed by atoms with Gasteiger partial charge in [-0.15, -0.1) is 0 Å². The largest absolute Gasteiger partial charge is 0.333 e. The Kier molecular flexibility index (Phi) is 4.43. The van der Waals surface area contributed by atoms with E-state index in [1.165, 1.54) is 11.3 Å². The van der Waals surface area contributed by atoms with Crippen molar-refractivity contribution < 1.29 is 14.4 Å². The molecule has 126 valence electrons. The molecule has 3 rings (SSSR count). The van der Waals surface area contributed by atoms with Gasteiger partial charge in [0.05, 0.1) is 10.6 Å². The van der Waals surface area contributed by atoms with Crippen molar-refractivity contribution in [3.8, 4) is 10.7 Å². The third-order valence-electron chi connectivity index (χ3n) is 3.78. The minimum absolute atomic E-state index is 0.0633. The SMILES string of the molecule is Cc1nc(NC(=O)CCN2C(=O)CCC2=O)sc1-c1nccn1C. The van der Waals surface area contributed by atoms with E-state index in [1.807, 2.05) is 24.7 Å². The molecular formula is C15H17N5O3S. The predicted molar refractivity (Wildman–Crippen MR) is 88.3 cm³/mol. The number of rotatable bonds is 5. The maximum absolute atomic E-state index is 12.0. The zero-order chi connectivity index (χ0) is 17.3.